The molecule has 2 aliphatic heterocycles. The van der Waals surface area contributed by atoms with Crippen LogP contribution in [0, 0.1) is 0 Å². The van der Waals surface area contributed by atoms with Gasteiger partial charge < -0.3 is 29.2 Å². The van der Waals surface area contributed by atoms with Gasteiger partial charge in [-0.1, -0.05) is 48.4 Å². The zero-order valence-corrected chi connectivity index (χ0v) is 29.2. The molecule has 6 aromatic rings. The van der Waals surface area contributed by atoms with E-state index in [1.807, 2.05) is 50.2 Å². The van der Waals surface area contributed by atoms with Gasteiger partial charge in [-0.05, 0) is 24.3 Å². The Labute approximate surface area is 298 Å². The van der Waals surface area contributed by atoms with Crippen molar-refractivity contribution in [3.8, 4) is 34.3 Å². The maximum Gasteiger partial charge on any atom is 0.270 e. The van der Waals surface area contributed by atoms with E-state index >= 15 is 0 Å². The second-order valence-corrected chi connectivity index (χ2v) is 12.2. The zero-order valence-electron chi connectivity index (χ0n) is 29.2. The molecule has 16 nitrogen and oxygen atoms in total. The predicted octanol–water partition coefficient (Wildman–Crippen LogP) is 4.57. The van der Waals surface area contributed by atoms with E-state index < -0.39 is 0 Å². The van der Waals surface area contributed by atoms with Gasteiger partial charge in [0.2, 0.25) is 23.4 Å². The van der Waals surface area contributed by atoms with Crippen molar-refractivity contribution in [2.45, 2.75) is 51.6 Å². The third kappa shape index (κ3) is 7.12. The number of aryl methyl sites for hydroxylation is 4. The molecule has 268 valence electrons. The second kappa shape index (κ2) is 14.9. The molecule has 0 fully saturated rings. The van der Waals surface area contributed by atoms with Crippen LogP contribution in [0.15, 0.2) is 70.0 Å². The molecular formula is C36H38N10O6. The average Bonchev–Trinajstić information content (AvgIpc) is 4.00. The molecule has 2 aliphatic rings. The fourth-order valence-electron chi connectivity index (χ4n) is 6.05. The van der Waals surface area contributed by atoms with Gasteiger partial charge in [-0.2, -0.15) is 20.2 Å². The summed E-state index contributed by atoms with van der Waals surface area (Å²) >= 11 is 0. The molecule has 2 N–H and O–H groups in total. The summed E-state index contributed by atoms with van der Waals surface area (Å²) in [5, 5.41) is 22.2. The Morgan fingerprint density at radius 1 is 0.692 bits per heavy atom. The summed E-state index contributed by atoms with van der Waals surface area (Å²) in [4.78, 5) is 33.7. The van der Waals surface area contributed by atoms with Crippen LogP contribution >= 0.6 is 0 Å². The monoisotopic (exact) mass is 706 g/mol. The summed E-state index contributed by atoms with van der Waals surface area (Å²) in [7, 11) is 3.49. The lowest BCUT2D eigenvalue weighted by Crippen LogP contribution is -2.33. The van der Waals surface area contributed by atoms with E-state index in [0.29, 0.717) is 73.7 Å². The summed E-state index contributed by atoms with van der Waals surface area (Å²) in [6.45, 7) is 4.98. The number of nitrogens with one attached hydrogen (secondary N) is 2. The van der Waals surface area contributed by atoms with E-state index in [1.165, 1.54) is 0 Å². The Morgan fingerprint density at radius 3 is 1.50 bits per heavy atom. The number of hydrogen-bond donors (Lipinski definition) is 2. The molecule has 8 rings (SSSR count). The van der Waals surface area contributed by atoms with E-state index in [1.54, 1.807) is 48.0 Å². The third-order valence-electron chi connectivity index (χ3n) is 8.88. The minimum atomic E-state index is -0.155. The average molecular weight is 707 g/mol. The van der Waals surface area contributed by atoms with Crippen molar-refractivity contribution in [2.75, 3.05) is 13.2 Å². The van der Waals surface area contributed by atoms with Gasteiger partial charge in [-0.25, -0.2) is 0 Å². The van der Waals surface area contributed by atoms with Crippen molar-refractivity contribution < 1.29 is 28.1 Å². The Morgan fingerprint density at radius 2 is 1.13 bits per heavy atom. The molecule has 2 atom stereocenters. The normalized spacial score (nSPS) is 16.0. The quantitative estimate of drug-likeness (QED) is 0.225. The zero-order chi connectivity index (χ0) is 36.2. The van der Waals surface area contributed by atoms with Crippen molar-refractivity contribution in [1.29, 1.82) is 0 Å². The van der Waals surface area contributed by atoms with Gasteiger partial charge in [0, 0.05) is 74.4 Å². The lowest BCUT2D eigenvalue weighted by atomic mass is 9.98. The standard InChI is InChI=1S/2C18H19N5O3/c2*1-3-16-21-17(22-26-16)11-4-5-12-13(7-9-25-15(12)10-11)20-18(24)14-6-8-19-23(14)2/h2*4-6,8,10,13H,3,7,9H2,1-2H3,(H,20,24)/t13-;/m1./s1. The summed E-state index contributed by atoms with van der Waals surface area (Å²) in [5.41, 5.74) is 4.57. The maximum atomic E-state index is 12.5. The number of nitrogens with zero attached hydrogens (tertiary/aromatic N) is 8. The number of carbonyl (C=O) groups is 2. The summed E-state index contributed by atoms with van der Waals surface area (Å²) < 4.78 is 25.0. The van der Waals surface area contributed by atoms with Gasteiger partial charge in [0.15, 0.2) is 0 Å². The topological polar surface area (TPSA) is 190 Å². The predicted molar refractivity (Wildman–Crippen MR) is 185 cm³/mol. The summed E-state index contributed by atoms with van der Waals surface area (Å²) in [6, 6.07) is 14.7. The number of amides is 2. The second-order valence-electron chi connectivity index (χ2n) is 12.2. The van der Waals surface area contributed by atoms with Crippen molar-refractivity contribution in [1.82, 2.24) is 50.5 Å². The van der Waals surface area contributed by atoms with Gasteiger partial charge in [0.25, 0.3) is 11.8 Å². The van der Waals surface area contributed by atoms with Crippen LogP contribution < -0.4 is 20.1 Å². The van der Waals surface area contributed by atoms with Crippen LogP contribution in [0.5, 0.6) is 11.5 Å². The van der Waals surface area contributed by atoms with E-state index in [4.69, 9.17) is 18.5 Å². The van der Waals surface area contributed by atoms with Crippen molar-refractivity contribution in [3.05, 3.63) is 95.2 Å². The van der Waals surface area contributed by atoms with Gasteiger partial charge >= 0.3 is 0 Å². The first-order chi connectivity index (χ1) is 25.3. The summed E-state index contributed by atoms with van der Waals surface area (Å²) in [5.74, 6) is 3.41. The molecule has 0 radical (unpaired) electrons. The van der Waals surface area contributed by atoms with Crippen LogP contribution in [0.1, 0.15) is 82.7 Å². The Kier molecular flexibility index (Phi) is 9.77. The van der Waals surface area contributed by atoms with Gasteiger partial charge in [0.1, 0.15) is 22.9 Å². The number of carbonyl (C=O) groups excluding carboxylic acids is 2. The number of aromatic nitrogens is 8. The number of hydrogen-bond acceptors (Lipinski definition) is 12. The van der Waals surface area contributed by atoms with Crippen LogP contribution in [0.3, 0.4) is 0 Å². The highest BCUT2D eigenvalue weighted by Gasteiger charge is 2.27. The fraction of sp³-hybridized carbons (Fsp3) is 0.333. The number of rotatable bonds is 8. The minimum absolute atomic E-state index is 0.119. The summed E-state index contributed by atoms with van der Waals surface area (Å²) in [6.07, 6.45) is 6.01. The molecule has 0 bridgehead atoms. The van der Waals surface area contributed by atoms with Gasteiger partial charge in [-0.3, -0.25) is 19.0 Å². The maximum absolute atomic E-state index is 12.5. The van der Waals surface area contributed by atoms with Crippen LogP contribution in [0.4, 0.5) is 0 Å². The van der Waals surface area contributed by atoms with E-state index in [0.717, 1.165) is 33.8 Å². The van der Waals surface area contributed by atoms with E-state index in [-0.39, 0.29) is 23.9 Å². The minimum Gasteiger partial charge on any atom is -0.493 e. The molecule has 52 heavy (non-hydrogen) atoms. The molecular weight excluding hydrogens is 668 g/mol. The van der Waals surface area contributed by atoms with Crippen LogP contribution in [0.25, 0.3) is 22.8 Å². The smallest absolute Gasteiger partial charge is 0.270 e. The number of benzene rings is 2. The van der Waals surface area contributed by atoms with Gasteiger partial charge in [-0.15, -0.1) is 0 Å². The van der Waals surface area contributed by atoms with Crippen molar-refractivity contribution in [3.63, 3.8) is 0 Å². The van der Waals surface area contributed by atoms with Crippen LogP contribution in [0.2, 0.25) is 0 Å². The first-order valence-corrected chi connectivity index (χ1v) is 17.1. The molecule has 2 amide bonds. The van der Waals surface area contributed by atoms with Gasteiger partial charge in [0.05, 0.1) is 25.3 Å². The molecule has 1 unspecified atom stereocenters. The van der Waals surface area contributed by atoms with Crippen molar-refractivity contribution >= 4 is 11.8 Å². The van der Waals surface area contributed by atoms with Crippen molar-refractivity contribution in [2.24, 2.45) is 14.1 Å². The molecule has 0 saturated carbocycles. The highest BCUT2D eigenvalue weighted by molar-refractivity contribution is 5.93. The number of fused-ring (bicyclic) bond motifs is 2. The van der Waals surface area contributed by atoms with E-state index in [2.05, 4.69) is 41.1 Å². The lowest BCUT2D eigenvalue weighted by Gasteiger charge is -2.27. The molecule has 6 heterocycles. The Bertz CT molecular complexity index is 2050. The molecule has 0 saturated heterocycles. The van der Waals surface area contributed by atoms with Crippen LogP contribution in [-0.4, -0.2) is 64.9 Å². The highest BCUT2D eigenvalue weighted by atomic mass is 16.5. The molecule has 0 spiro atoms. The lowest BCUT2D eigenvalue weighted by molar-refractivity contribution is 0.0906. The fourth-order valence-corrected chi connectivity index (χ4v) is 6.05. The molecule has 0 aliphatic carbocycles. The van der Waals surface area contributed by atoms with Crippen LogP contribution in [-0.2, 0) is 26.9 Å². The number of ether oxygens (including phenoxy) is 2. The molecule has 4 aromatic heterocycles. The highest BCUT2D eigenvalue weighted by Crippen LogP contribution is 2.36. The molecule has 16 heteroatoms. The SMILES string of the molecule is CCc1nc(-c2ccc3c(c2)OCCC3NC(=O)c2ccnn2C)no1.CCc1nc(-c2ccc3c(c2)OCC[C@H]3NC(=O)c2ccnn2C)no1. The Balaban J connectivity index is 0.000000162. The Hall–Kier alpha value is -6.32. The largest absolute Gasteiger partial charge is 0.493 e. The third-order valence-corrected chi connectivity index (χ3v) is 8.88. The first-order valence-electron chi connectivity index (χ1n) is 17.1. The molecule has 2 aromatic carbocycles. The van der Waals surface area contributed by atoms with E-state index in [9.17, 15) is 9.59 Å². The first kappa shape index (κ1) is 34.1.